The van der Waals surface area contributed by atoms with Crippen molar-refractivity contribution in [1.29, 1.82) is 0 Å². The van der Waals surface area contributed by atoms with Crippen LogP contribution >= 0.6 is 11.8 Å². The van der Waals surface area contributed by atoms with Crippen LogP contribution in [0.5, 0.6) is 0 Å². The Bertz CT molecular complexity index is 677. The van der Waals surface area contributed by atoms with Crippen LogP contribution in [-0.2, 0) is 16.1 Å². The Morgan fingerprint density at radius 2 is 1.87 bits per heavy atom. The molecule has 168 valence electrons. The Morgan fingerprint density at radius 1 is 1.20 bits per heavy atom. The molecule has 9 heteroatoms. The number of amides is 1. The molecule has 1 amide bonds. The third-order valence-electron chi connectivity index (χ3n) is 5.17. The van der Waals surface area contributed by atoms with Gasteiger partial charge in [-0.3, -0.25) is 14.6 Å². The van der Waals surface area contributed by atoms with E-state index in [1.807, 2.05) is 0 Å². The molecule has 30 heavy (non-hydrogen) atoms. The van der Waals surface area contributed by atoms with E-state index in [0.29, 0.717) is 18.8 Å². The summed E-state index contributed by atoms with van der Waals surface area (Å²) in [5.74, 6) is 1.32. The molecule has 0 N–H and O–H groups in total. The molecule has 0 bridgehead atoms. The quantitative estimate of drug-likeness (QED) is 0.346. The van der Waals surface area contributed by atoms with Gasteiger partial charge < -0.3 is 14.2 Å². The third kappa shape index (κ3) is 6.94. The van der Waals surface area contributed by atoms with Crippen molar-refractivity contribution in [2.75, 3.05) is 65.8 Å². The topological polar surface area (TPSA) is 66.7 Å². The van der Waals surface area contributed by atoms with Gasteiger partial charge in [-0.1, -0.05) is 30.8 Å². The van der Waals surface area contributed by atoms with Crippen molar-refractivity contribution in [1.82, 2.24) is 29.5 Å². The molecule has 0 radical (unpaired) electrons. The summed E-state index contributed by atoms with van der Waals surface area (Å²) >= 11 is 1.45. The zero-order chi connectivity index (χ0) is 21.9. The number of hydrogen-bond acceptors (Lipinski definition) is 7. The van der Waals surface area contributed by atoms with Gasteiger partial charge in [-0.25, -0.2) is 0 Å². The lowest BCUT2D eigenvalue weighted by Crippen LogP contribution is -2.38. The number of carbonyl (C=O) groups excluding carboxylic acids is 1. The van der Waals surface area contributed by atoms with Crippen molar-refractivity contribution >= 4 is 17.7 Å². The first kappa shape index (κ1) is 24.6. The molecule has 8 nitrogen and oxygen atoms in total. The maximum atomic E-state index is 12.6. The first-order chi connectivity index (χ1) is 14.5. The van der Waals surface area contributed by atoms with Crippen molar-refractivity contribution in [3.05, 3.63) is 31.1 Å². The summed E-state index contributed by atoms with van der Waals surface area (Å²) < 4.78 is 7.65. The molecule has 1 atom stereocenters. The van der Waals surface area contributed by atoms with Crippen LogP contribution in [0.4, 0.5) is 0 Å². The van der Waals surface area contributed by atoms with Gasteiger partial charge in [-0.15, -0.1) is 23.4 Å². The molecule has 0 aromatic carbocycles. The number of aromatic nitrogens is 3. The molecular weight excluding hydrogens is 400 g/mol. The van der Waals surface area contributed by atoms with E-state index in [2.05, 4.69) is 58.7 Å². The highest BCUT2D eigenvalue weighted by Gasteiger charge is 2.23. The van der Waals surface area contributed by atoms with E-state index in [1.165, 1.54) is 11.8 Å². The molecule has 1 aromatic rings. The van der Waals surface area contributed by atoms with Crippen LogP contribution in [0, 0.1) is 0 Å². The monoisotopic (exact) mass is 436 g/mol. The molecule has 2 rings (SSSR count). The Morgan fingerprint density at radius 3 is 2.43 bits per heavy atom. The SMILES string of the molecule is C=CCN(CC=C)C(=O)CSc1nnc([C@H](CC)N(C)C)n1CCN1CCOCC1. The van der Waals surface area contributed by atoms with E-state index < -0.39 is 0 Å². The maximum Gasteiger partial charge on any atom is 0.233 e. The van der Waals surface area contributed by atoms with E-state index >= 15 is 0 Å². The molecule has 0 saturated carbocycles. The zero-order valence-corrected chi connectivity index (χ0v) is 19.4. The van der Waals surface area contributed by atoms with Gasteiger partial charge in [0, 0.05) is 39.3 Å². The van der Waals surface area contributed by atoms with Crippen molar-refractivity contribution in [3.63, 3.8) is 0 Å². The summed E-state index contributed by atoms with van der Waals surface area (Å²) in [5, 5.41) is 9.76. The number of thioether (sulfide) groups is 1. The Balaban J connectivity index is 2.14. The van der Waals surface area contributed by atoms with Crippen LogP contribution in [0.25, 0.3) is 0 Å². The van der Waals surface area contributed by atoms with Gasteiger partial charge in [-0.2, -0.15) is 0 Å². The van der Waals surface area contributed by atoms with Gasteiger partial charge in [-0.05, 0) is 20.5 Å². The van der Waals surface area contributed by atoms with Crippen LogP contribution in [0.2, 0.25) is 0 Å². The highest BCUT2D eigenvalue weighted by Crippen LogP contribution is 2.25. The molecule has 1 aliphatic heterocycles. The standard InChI is InChI=1S/C21H36N6O2S/c1-6-9-26(10-7-2)19(28)17-30-21-23-22-20(18(8-3)24(4)5)27(21)12-11-25-13-15-29-16-14-25/h6-7,18H,1-2,8-17H2,3-5H3/t18-/m0/s1. The molecule has 0 spiro atoms. The summed E-state index contributed by atoms with van der Waals surface area (Å²) in [7, 11) is 4.13. The predicted octanol–water partition coefficient (Wildman–Crippen LogP) is 1.92. The Labute approximate surface area is 184 Å². The first-order valence-corrected chi connectivity index (χ1v) is 11.5. The number of ether oxygens (including phenoxy) is 1. The van der Waals surface area contributed by atoms with Crippen molar-refractivity contribution < 1.29 is 9.53 Å². The van der Waals surface area contributed by atoms with E-state index in [-0.39, 0.29) is 11.9 Å². The smallest absolute Gasteiger partial charge is 0.233 e. The molecule has 1 aliphatic rings. The average Bonchev–Trinajstić information content (AvgIpc) is 3.13. The highest BCUT2D eigenvalue weighted by molar-refractivity contribution is 7.99. The van der Waals surface area contributed by atoms with Crippen LogP contribution < -0.4 is 0 Å². The second-order valence-corrected chi connectivity index (χ2v) is 8.44. The van der Waals surface area contributed by atoms with Crippen LogP contribution in [0.1, 0.15) is 25.2 Å². The molecule has 1 fully saturated rings. The highest BCUT2D eigenvalue weighted by atomic mass is 32.2. The number of nitrogens with zero attached hydrogens (tertiary/aromatic N) is 6. The van der Waals surface area contributed by atoms with Crippen molar-refractivity contribution in [2.45, 2.75) is 31.1 Å². The predicted molar refractivity (Wildman–Crippen MR) is 122 cm³/mol. The van der Waals surface area contributed by atoms with Gasteiger partial charge in [0.25, 0.3) is 0 Å². The van der Waals surface area contributed by atoms with E-state index in [9.17, 15) is 4.79 Å². The Kier molecular flexibility index (Phi) is 10.6. The lowest BCUT2D eigenvalue weighted by molar-refractivity contribution is -0.127. The first-order valence-electron chi connectivity index (χ1n) is 10.5. The molecule has 0 aliphatic carbocycles. The fraction of sp³-hybridized carbons (Fsp3) is 0.667. The van der Waals surface area contributed by atoms with Crippen LogP contribution in [0.15, 0.2) is 30.5 Å². The summed E-state index contributed by atoms with van der Waals surface area (Å²) in [5.41, 5.74) is 0. The van der Waals surface area contributed by atoms with Gasteiger partial charge in [0.15, 0.2) is 11.0 Å². The molecular formula is C21H36N6O2S. The van der Waals surface area contributed by atoms with Gasteiger partial charge >= 0.3 is 0 Å². The van der Waals surface area contributed by atoms with Gasteiger partial charge in [0.2, 0.25) is 5.91 Å². The van der Waals surface area contributed by atoms with Gasteiger partial charge in [0.1, 0.15) is 0 Å². The lowest BCUT2D eigenvalue weighted by Gasteiger charge is -2.28. The maximum absolute atomic E-state index is 12.6. The normalized spacial score (nSPS) is 15.9. The fourth-order valence-electron chi connectivity index (χ4n) is 3.52. The minimum absolute atomic E-state index is 0.0451. The average molecular weight is 437 g/mol. The number of carbonyl (C=O) groups is 1. The van der Waals surface area contributed by atoms with Crippen molar-refractivity contribution in [3.8, 4) is 0 Å². The summed E-state index contributed by atoms with van der Waals surface area (Å²) in [6.45, 7) is 15.8. The second kappa shape index (κ2) is 12.9. The minimum Gasteiger partial charge on any atom is -0.379 e. The third-order valence-corrected chi connectivity index (χ3v) is 6.13. The lowest BCUT2D eigenvalue weighted by atomic mass is 10.2. The summed E-state index contributed by atoms with van der Waals surface area (Å²) in [6.07, 6.45) is 4.41. The van der Waals surface area contributed by atoms with Crippen molar-refractivity contribution in [2.24, 2.45) is 0 Å². The molecule has 0 unspecified atom stereocenters. The molecule has 1 aromatic heterocycles. The van der Waals surface area contributed by atoms with Crippen LogP contribution in [-0.4, -0.2) is 101 Å². The van der Waals surface area contributed by atoms with Crippen LogP contribution in [0.3, 0.4) is 0 Å². The summed E-state index contributed by atoms with van der Waals surface area (Å²) in [6, 6.07) is 0.185. The largest absolute Gasteiger partial charge is 0.379 e. The fourth-order valence-corrected chi connectivity index (χ4v) is 4.39. The second-order valence-electron chi connectivity index (χ2n) is 7.50. The van der Waals surface area contributed by atoms with E-state index in [1.54, 1.807) is 17.1 Å². The summed E-state index contributed by atoms with van der Waals surface area (Å²) in [4.78, 5) is 18.9. The van der Waals surface area contributed by atoms with E-state index in [0.717, 1.165) is 56.8 Å². The number of hydrogen-bond donors (Lipinski definition) is 0. The molecule has 1 saturated heterocycles. The number of morpholine rings is 1. The Hall–Kier alpha value is -1.68. The molecule has 2 heterocycles. The zero-order valence-electron chi connectivity index (χ0n) is 18.6. The minimum atomic E-state index is 0.0451. The van der Waals surface area contributed by atoms with Gasteiger partial charge in [0.05, 0.1) is 25.0 Å². The number of rotatable bonds is 13. The van der Waals surface area contributed by atoms with E-state index in [4.69, 9.17) is 4.74 Å².